The first kappa shape index (κ1) is 14.2. The third kappa shape index (κ3) is 1.99. The van der Waals surface area contributed by atoms with Crippen LogP contribution in [-0.4, -0.2) is 34.3 Å². The van der Waals surface area contributed by atoms with Crippen molar-refractivity contribution < 1.29 is 19.5 Å². The van der Waals surface area contributed by atoms with Gasteiger partial charge in [0.05, 0.1) is 16.5 Å². The molecule has 1 aliphatic heterocycles. The smallest absolute Gasteiger partial charge is 0.310 e. The van der Waals surface area contributed by atoms with Crippen LogP contribution in [0.1, 0.15) is 45.7 Å². The fraction of sp³-hybridized carbons (Fsp3) is 0.400. The van der Waals surface area contributed by atoms with Gasteiger partial charge in [-0.3, -0.25) is 19.3 Å². The van der Waals surface area contributed by atoms with Crippen LogP contribution < -0.4 is 0 Å². The van der Waals surface area contributed by atoms with Crippen molar-refractivity contribution in [3.8, 4) is 0 Å². The van der Waals surface area contributed by atoms with Gasteiger partial charge in [-0.25, -0.2) is 0 Å². The van der Waals surface area contributed by atoms with E-state index in [0.717, 1.165) is 16.0 Å². The Morgan fingerprint density at radius 2 is 1.50 bits per heavy atom. The lowest BCUT2D eigenvalue weighted by molar-refractivity contribution is -0.147. The number of carboxylic acids is 1. The van der Waals surface area contributed by atoms with Gasteiger partial charge in [-0.2, -0.15) is 0 Å². The van der Waals surface area contributed by atoms with Crippen LogP contribution in [0.25, 0.3) is 0 Å². The number of amides is 2. The van der Waals surface area contributed by atoms with Crippen LogP contribution in [-0.2, 0) is 4.79 Å². The highest BCUT2D eigenvalue weighted by atomic mass is 16.4. The predicted octanol–water partition coefficient (Wildman–Crippen LogP) is 2.01. The lowest BCUT2D eigenvalue weighted by atomic mass is 9.93. The molecule has 106 valence electrons. The standard InChI is InChI=1S/C15H17NO4/c1-8-5-6-9(2)11-10(8)12(17)16(13(11)18)7-15(3,4)14(19)20/h5-6H,7H2,1-4H3,(H,19,20). The van der Waals surface area contributed by atoms with Crippen LogP contribution in [0.4, 0.5) is 0 Å². The van der Waals surface area contributed by atoms with Crippen molar-refractivity contribution in [3.63, 3.8) is 0 Å². The number of hydrogen-bond donors (Lipinski definition) is 1. The molecule has 5 nitrogen and oxygen atoms in total. The molecule has 0 atom stereocenters. The predicted molar refractivity (Wildman–Crippen MR) is 72.7 cm³/mol. The van der Waals surface area contributed by atoms with Crippen LogP contribution >= 0.6 is 0 Å². The van der Waals surface area contributed by atoms with Gasteiger partial charge >= 0.3 is 5.97 Å². The molecule has 0 fully saturated rings. The highest BCUT2D eigenvalue weighted by Gasteiger charge is 2.42. The second-order valence-corrected chi connectivity index (χ2v) is 5.83. The molecule has 1 N–H and O–H groups in total. The van der Waals surface area contributed by atoms with Crippen LogP contribution in [0.2, 0.25) is 0 Å². The highest BCUT2D eigenvalue weighted by molar-refractivity contribution is 6.22. The van der Waals surface area contributed by atoms with E-state index < -0.39 is 23.2 Å². The van der Waals surface area contributed by atoms with Gasteiger partial charge in [-0.1, -0.05) is 12.1 Å². The number of carboxylic acid groups (broad SMARTS) is 1. The zero-order chi connectivity index (χ0) is 15.2. The second-order valence-electron chi connectivity index (χ2n) is 5.83. The third-order valence-electron chi connectivity index (χ3n) is 3.67. The molecule has 0 aromatic heterocycles. The number of benzene rings is 1. The summed E-state index contributed by atoms with van der Waals surface area (Å²) in [5, 5.41) is 9.15. The average Bonchev–Trinajstić information content (AvgIpc) is 2.59. The molecule has 0 aliphatic carbocycles. The van der Waals surface area contributed by atoms with Crippen molar-refractivity contribution in [1.82, 2.24) is 4.90 Å². The van der Waals surface area contributed by atoms with Gasteiger partial charge in [0.2, 0.25) is 0 Å². The van der Waals surface area contributed by atoms with Gasteiger partial charge in [0.25, 0.3) is 11.8 Å². The minimum absolute atomic E-state index is 0.131. The minimum atomic E-state index is -1.17. The Morgan fingerprint density at radius 1 is 1.10 bits per heavy atom. The summed E-state index contributed by atoms with van der Waals surface area (Å²) in [6.45, 7) is 6.41. The molecule has 1 aliphatic rings. The van der Waals surface area contributed by atoms with E-state index in [1.807, 2.05) is 0 Å². The number of aryl methyl sites for hydroxylation is 2. The molecule has 2 rings (SSSR count). The largest absolute Gasteiger partial charge is 0.481 e. The van der Waals surface area contributed by atoms with E-state index in [2.05, 4.69) is 0 Å². The normalized spacial score (nSPS) is 14.7. The van der Waals surface area contributed by atoms with E-state index in [4.69, 9.17) is 5.11 Å². The van der Waals surface area contributed by atoms with Crippen LogP contribution in [0.5, 0.6) is 0 Å². The van der Waals surface area contributed by atoms with E-state index in [0.29, 0.717) is 11.1 Å². The van der Waals surface area contributed by atoms with Crippen molar-refractivity contribution in [2.24, 2.45) is 5.41 Å². The molecule has 0 spiro atoms. The highest BCUT2D eigenvalue weighted by Crippen LogP contribution is 2.31. The monoisotopic (exact) mass is 275 g/mol. The van der Waals surface area contributed by atoms with E-state index in [-0.39, 0.29) is 6.54 Å². The maximum atomic E-state index is 12.4. The molecular formula is C15H17NO4. The summed E-state index contributed by atoms with van der Waals surface area (Å²) in [5.41, 5.74) is 1.10. The Morgan fingerprint density at radius 3 is 1.85 bits per heavy atom. The van der Waals surface area contributed by atoms with Crippen molar-refractivity contribution >= 4 is 17.8 Å². The lowest BCUT2D eigenvalue weighted by Gasteiger charge is -2.24. The summed E-state index contributed by atoms with van der Waals surface area (Å²) in [7, 11) is 0. The number of imide groups is 1. The molecule has 0 unspecified atom stereocenters. The van der Waals surface area contributed by atoms with E-state index in [9.17, 15) is 14.4 Å². The van der Waals surface area contributed by atoms with E-state index in [1.165, 1.54) is 13.8 Å². The molecule has 0 saturated carbocycles. The number of carbonyl (C=O) groups is 3. The minimum Gasteiger partial charge on any atom is -0.481 e. The molecule has 1 aromatic carbocycles. The number of fused-ring (bicyclic) bond motifs is 1. The molecular weight excluding hydrogens is 258 g/mol. The second kappa shape index (κ2) is 4.44. The first-order chi connectivity index (χ1) is 9.16. The zero-order valence-corrected chi connectivity index (χ0v) is 12.0. The first-order valence-corrected chi connectivity index (χ1v) is 6.36. The van der Waals surface area contributed by atoms with Gasteiger partial charge in [-0.05, 0) is 38.8 Å². The topological polar surface area (TPSA) is 74.7 Å². The number of aliphatic carboxylic acids is 1. The maximum absolute atomic E-state index is 12.4. The molecule has 20 heavy (non-hydrogen) atoms. The van der Waals surface area contributed by atoms with Gasteiger partial charge in [-0.15, -0.1) is 0 Å². The summed E-state index contributed by atoms with van der Waals surface area (Å²) >= 11 is 0. The molecule has 0 radical (unpaired) electrons. The van der Waals surface area contributed by atoms with Gasteiger partial charge in [0.1, 0.15) is 0 Å². The Kier molecular flexibility index (Phi) is 3.16. The fourth-order valence-corrected chi connectivity index (χ4v) is 2.33. The lowest BCUT2D eigenvalue weighted by Crippen LogP contribution is -2.42. The van der Waals surface area contributed by atoms with Crippen LogP contribution in [0.3, 0.4) is 0 Å². The zero-order valence-electron chi connectivity index (χ0n) is 12.0. The summed E-state index contributed by atoms with van der Waals surface area (Å²) < 4.78 is 0. The Hall–Kier alpha value is -2.17. The van der Waals surface area contributed by atoms with Crippen molar-refractivity contribution in [1.29, 1.82) is 0 Å². The molecule has 0 saturated heterocycles. The Bertz CT molecular complexity index is 590. The van der Waals surface area contributed by atoms with E-state index >= 15 is 0 Å². The van der Waals surface area contributed by atoms with Gasteiger partial charge in [0, 0.05) is 6.54 Å². The third-order valence-corrected chi connectivity index (χ3v) is 3.67. The first-order valence-electron chi connectivity index (χ1n) is 6.36. The molecule has 2 amide bonds. The number of carbonyl (C=O) groups excluding carboxylic acids is 2. The van der Waals surface area contributed by atoms with Gasteiger partial charge < -0.3 is 5.11 Å². The number of nitrogens with zero attached hydrogens (tertiary/aromatic N) is 1. The quantitative estimate of drug-likeness (QED) is 0.856. The van der Waals surface area contributed by atoms with Crippen molar-refractivity contribution in [2.45, 2.75) is 27.7 Å². The fourth-order valence-electron chi connectivity index (χ4n) is 2.33. The molecule has 1 aromatic rings. The number of rotatable bonds is 3. The van der Waals surface area contributed by atoms with Crippen LogP contribution in [0, 0.1) is 19.3 Å². The average molecular weight is 275 g/mol. The van der Waals surface area contributed by atoms with Crippen LogP contribution in [0.15, 0.2) is 12.1 Å². The summed E-state index contributed by atoms with van der Waals surface area (Å²) in [6, 6.07) is 3.59. The molecule has 1 heterocycles. The Balaban J connectivity index is 2.46. The SMILES string of the molecule is Cc1ccc(C)c2c1C(=O)N(CC(C)(C)C(=O)O)C2=O. The Labute approximate surface area is 117 Å². The number of hydrogen-bond acceptors (Lipinski definition) is 3. The summed E-state index contributed by atoms with van der Waals surface area (Å²) in [4.78, 5) is 37.0. The summed E-state index contributed by atoms with van der Waals surface area (Å²) in [5.74, 6) is -1.84. The maximum Gasteiger partial charge on any atom is 0.310 e. The van der Waals surface area contributed by atoms with Crippen molar-refractivity contribution in [2.75, 3.05) is 6.54 Å². The molecule has 5 heteroatoms. The van der Waals surface area contributed by atoms with E-state index in [1.54, 1.807) is 26.0 Å². The van der Waals surface area contributed by atoms with Gasteiger partial charge in [0.15, 0.2) is 0 Å². The summed E-state index contributed by atoms with van der Waals surface area (Å²) in [6.07, 6.45) is 0. The van der Waals surface area contributed by atoms with Crippen molar-refractivity contribution in [3.05, 3.63) is 34.4 Å². The molecule has 0 bridgehead atoms.